The highest BCUT2D eigenvalue weighted by Gasteiger charge is 2.52. The number of rotatable bonds is 7. The van der Waals surface area contributed by atoms with Gasteiger partial charge in [0.25, 0.3) is 0 Å². The molecule has 2 saturated carbocycles. The Morgan fingerprint density at radius 1 is 1.00 bits per heavy atom. The van der Waals surface area contributed by atoms with Gasteiger partial charge in [-0.3, -0.25) is 4.79 Å². The van der Waals surface area contributed by atoms with Crippen LogP contribution < -0.4 is 0 Å². The van der Waals surface area contributed by atoms with Crippen molar-refractivity contribution in [2.75, 3.05) is 33.4 Å². The van der Waals surface area contributed by atoms with Crippen molar-refractivity contribution in [1.29, 1.82) is 0 Å². The number of fused-ring (bicyclic) bond motifs is 1. The van der Waals surface area contributed by atoms with E-state index in [2.05, 4.69) is 48.7 Å². The van der Waals surface area contributed by atoms with Gasteiger partial charge in [-0.15, -0.1) is 0 Å². The Hall–Kier alpha value is -3.12. The first-order valence-corrected chi connectivity index (χ1v) is 15.1. The number of carbonyl (C=O) groups is 2. The number of morpholine rings is 1. The van der Waals surface area contributed by atoms with Crippen molar-refractivity contribution >= 4 is 22.8 Å². The van der Waals surface area contributed by atoms with Gasteiger partial charge in [-0.05, 0) is 66.3 Å². The number of methoxy groups -OCH3 is 1. The lowest BCUT2D eigenvalue weighted by molar-refractivity contribution is -0.141. The van der Waals surface area contributed by atoms with Gasteiger partial charge in [0.2, 0.25) is 5.91 Å². The van der Waals surface area contributed by atoms with Gasteiger partial charge in [0.15, 0.2) is 0 Å². The van der Waals surface area contributed by atoms with Gasteiger partial charge in [0, 0.05) is 30.5 Å². The summed E-state index contributed by atoms with van der Waals surface area (Å²) in [6, 6.07) is 15.0. The number of ether oxygens (including phenoxy) is 2. The lowest BCUT2D eigenvalue weighted by Crippen LogP contribution is -2.45. The van der Waals surface area contributed by atoms with E-state index in [4.69, 9.17) is 9.47 Å². The van der Waals surface area contributed by atoms with Crippen LogP contribution in [0.15, 0.2) is 42.5 Å². The predicted octanol–water partition coefficient (Wildman–Crippen LogP) is 6.91. The molecule has 0 N–H and O–H groups in total. The number of amides is 1. The SMILES string of the molecule is COC(=O)c1ccc2c(C3CCCCC3)c(-c3ccc(C(C)C)cc3)n(CC3(C(=O)N4CCOCC4)CC3)c2c1. The molecular weight excluding hydrogens is 500 g/mol. The predicted molar refractivity (Wildman–Crippen MR) is 158 cm³/mol. The van der Waals surface area contributed by atoms with Crippen molar-refractivity contribution in [2.24, 2.45) is 5.41 Å². The minimum absolute atomic E-state index is 0.252. The van der Waals surface area contributed by atoms with Crippen LogP contribution in [-0.4, -0.2) is 54.8 Å². The van der Waals surface area contributed by atoms with Gasteiger partial charge >= 0.3 is 5.97 Å². The minimum Gasteiger partial charge on any atom is -0.465 e. The highest BCUT2D eigenvalue weighted by atomic mass is 16.5. The Morgan fingerprint density at radius 2 is 1.70 bits per heavy atom. The van der Waals surface area contributed by atoms with E-state index in [0.29, 0.717) is 50.2 Å². The van der Waals surface area contributed by atoms with Crippen LogP contribution in [0, 0.1) is 5.41 Å². The molecule has 3 fully saturated rings. The van der Waals surface area contributed by atoms with Crippen molar-refractivity contribution in [1.82, 2.24) is 9.47 Å². The molecule has 2 aliphatic carbocycles. The van der Waals surface area contributed by atoms with E-state index in [0.717, 1.165) is 18.4 Å². The Bertz CT molecular complexity index is 1390. The van der Waals surface area contributed by atoms with Gasteiger partial charge in [0.1, 0.15) is 0 Å². The molecule has 2 aromatic carbocycles. The van der Waals surface area contributed by atoms with E-state index in [-0.39, 0.29) is 11.9 Å². The molecule has 0 bridgehead atoms. The molecule has 0 atom stereocenters. The van der Waals surface area contributed by atoms with Crippen molar-refractivity contribution < 1.29 is 19.1 Å². The monoisotopic (exact) mass is 542 g/mol. The largest absolute Gasteiger partial charge is 0.465 e. The van der Waals surface area contributed by atoms with Crippen LogP contribution in [0.5, 0.6) is 0 Å². The molecule has 0 radical (unpaired) electrons. The van der Waals surface area contributed by atoms with E-state index in [1.54, 1.807) is 0 Å². The van der Waals surface area contributed by atoms with Crippen molar-refractivity contribution in [3.63, 3.8) is 0 Å². The lowest BCUT2D eigenvalue weighted by Gasteiger charge is -2.31. The van der Waals surface area contributed by atoms with E-state index >= 15 is 0 Å². The quantitative estimate of drug-likeness (QED) is 0.305. The average molecular weight is 543 g/mol. The Morgan fingerprint density at radius 3 is 2.33 bits per heavy atom. The molecule has 0 unspecified atom stereocenters. The zero-order valence-electron chi connectivity index (χ0n) is 24.2. The maximum atomic E-state index is 13.9. The van der Waals surface area contributed by atoms with E-state index in [1.165, 1.54) is 67.0 Å². The summed E-state index contributed by atoms with van der Waals surface area (Å²) in [4.78, 5) is 28.5. The van der Waals surface area contributed by atoms with Crippen LogP contribution in [0.3, 0.4) is 0 Å². The summed E-state index contributed by atoms with van der Waals surface area (Å²) in [5.74, 6) is 0.844. The van der Waals surface area contributed by atoms with Crippen molar-refractivity contribution in [3.05, 3.63) is 59.2 Å². The second-order valence-electron chi connectivity index (χ2n) is 12.4. The third-order valence-corrected chi connectivity index (χ3v) is 9.46. The maximum absolute atomic E-state index is 13.9. The lowest BCUT2D eigenvalue weighted by atomic mass is 9.81. The summed E-state index contributed by atoms with van der Waals surface area (Å²) in [5, 5.41) is 1.21. The molecule has 2 heterocycles. The number of hydrogen-bond acceptors (Lipinski definition) is 4. The van der Waals surface area contributed by atoms with E-state index in [9.17, 15) is 9.59 Å². The highest BCUT2D eigenvalue weighted by molar-refractivity contribution is 5.99. The zero-order valence-corrected chi connectivity index (χ0v) is 24.2. The summed E-state index contributed by atoms with van der Waals surface area (Å²) < 4.78 is 13.0. The molecule has 1 saturated heterocycles. The molecular formula is C34H42N2O4. The highest BCUT2D eigenvalue weighted by Crippen LogP contribution is 2.52. The van der Waals surface area contributed by atoms with Gasteiger partial charge < -0.3 is 18.9 Å². The molecule has 212 valence electrons. The smallest absolute Gasteiger partial charge is 0.337 e. The number of carbonyl (C=O) groups excluding carboxylic acids is 2. The first-order chi connectivity index (χ1) is 19.4. The topological polar surface area (TPSA) is 60.8 Å². The number of benzene rings is 2. The normalized spacial score (nSPS) is 19.2. The van der Waals surface area contributed by atoms with Crippen molar-refractivity contribution in [2.45, 2.75) is 77.2 Å². The minimum atomic E-state index is -0.402. The van der Waals surface area contributed by atoms with Crippen LogP contribution in [0.4, 0.5) is 0 Å². The van der Waals surface area contributed by atoms with Crippen LogP contribution in [0.25, 0.3) is 22.2 Å². The van der Waals surface area contributed by atoms with Gasteiger partial charge in [-0.2, -0.15) is 0 Å². The van der Waals surface area contributed by atoms with Gasteiger partial charge in [-0.25, -0.2) is 4.79 Å². The third-order valence-electron chi connectivity index (χ3n) is 9.46. The zero-order chi connectivity index (χ0) is 27.9. The molecule has 6 heteroatoms. The summed E-state index contributed by atoms with van der Waals surface area (Å²) >= 11 is 0. The van der Waals surface area contributed by atoms with Crippen LogP contribution in [0.2, 0.25) is 0 Å². The second kappa shape index (κ2) is 11.0. The molecule has 6 rings (SSSR count). The first kappa shape index (κ1) is 27.1. The first-order valence-electron chi connectivity index (χ1n) is 15.1. The van der Waals surface area contributed by atoms with Crippen LogP contribution in [0.1, 0.15) is 92.1 Å². The summed E-state index contributed by atoms with van der Waals surface area (Å²) in [5.41, 5.74) is 6.30. The number of aromatic nitrogens is 1. The van der Waals surface area contributed by atoms with Crippen LogP contribution >= 0.6 is 0 Å². The molecule has 0 spiro atoms. The Labute approximate surface area is 237 Å². The molecule has 40 heavy (non-hydrogen) atoms. The second-order valence-corrected chi connectivity index (χ2v) is 12.4. The molecule has 3 aromatic rings. The standard InChI is InChI=1S/C34H42N2O4/c1-23(2)24-9-11-26(12-10-24)31-30(25-7-5-4-6-8-25)28-14-13-27(32(37)39-3)21-29(28)36(31)22-34(15-16-34)33(38)35-17-19-40-20-18-35/h9-14,21,23,25H,4-8,15-20,22H2,1-3H3. The van der Waals surface area contributed by atoms with E-state index < -0.39 is 5.41 Å². The molecule has 1 aliphatic heterocycles. The summed E-state index contributed by atoms with van der Waals surface area (Å²) in [6.07, 6.45) is 7.90. The van der Waals surface area contributed by atoms with Crippen LogP contribution in [-0.2, 0) is 20.8 Å². The summed E-state index contributed by atoms with van der Waals surface area (Å²) in [6.45, 7) is 7.61. The molecule has 1 aromatic heterocycles. The fourth-order valence-electron chi connectivity index (χ4n) is 6.92. The molecule has 3 aliphatic rings. The Balaban J connectivity index is 1.54. The summed E-state index contributed by atoms with van der Waals surface area (Å²) in [7, 11) is 1.43. The van der Waals surface area contributed by atoms with Gasteiger partial charge in [0.05, 0.1) is 37.0 Å². The fourth-order valence-corrected chi connectivity index (χ4v) is 6.92. The molecule has 1 amide bonds. The fraction of sp³-hybridized carbons (Fsp3) is 0.529. The number of hydrogen-bond donors (Lipinski definition) is 0. The maximum Gasteiger partial charge on any atom is 0.337 e. The van der Waals surface area contributed by atoms with Gasteiger partial charge in [-0.1, -0.05) is 63.4 Å². The number of esters is 1. The van der Waals surface area contributed by atoms with E-state index in [1.807, 2.05) is 17.0 Å². The van der Waals surface area contributed by atoms with Crippen molar-refractivity contribution in [3.8, 4) is 11.3 Å². The number of nitrogens with zero attached hydrogens (tertiary/aromatic N) is 2. The molecule has 6 nitrogen and oxygen atoms in total. The third kappa shape index (κ3) is 4.96. The Kier molecular flexibility index (Phi) is 7.47. The average Bonchev–Trinajstić information content (AvgIpc) is 3.72.